The van der Waals surface area contributed by atoms with E-state index in [0.717, 1.165) is 12.2 Å². The van der Waals surface area contributed by atoms with Crippen LogP contribution in [0.1, 0.15) is 12.8 Å². The maximum atomic E-state index is 8.61. The van der Waals surface area contributed by atoms with Crippen LogP contribution in [0.2, 0.25) is 0 Å². The molecule has 0 aliphatic carbocycles. The predicted molar refractivity (Wildman–Crippen MR) is 50.1 cm³/mol. The highest BCUT2D eigenvalue weighted by Crippen LogP contribution is 2.03. The van der Waals surface area contributed by atoms with Gasteiger partial charge >= 0.3 is 0 Å². The molecule has 0 aliphatic rings. The van der Waals surface area contributed by atoms with E-state index in [4.69, 9.17) is 15.1 Å². The van der Waals surface area contributed by atoms with Crippen LogP contribution in [0.3, 0.4) is 0 Å². The van der Waals surface area contributed by atoms with Gasteiger partial charge in [0.05, 0.1) is 12.7 Å². The first-order valence-corrected chi connectivity index (χ1v) is 5.35. The Hall–Kier alpha value is -0.240. The van der Waals surface area contributed by atoms with E-state index in [-0.39, 0.29) is 12.7 Å². The molecule has 0 heterocycles. The van der Waals surface area contributed by atoms with Crippen LogP contribution in [0, 0.1) is 11.3 Å². The van der Waals surface area contributed by atoms with E-state index < -0.39 is 0 Å². The van der Waals surface area contributed by atoms with Crippen molar-refractivity contribution < 1.29 is 9.84 Å². The van der Waals surface area contributed by atoms with Gasteiger partial charge in [-0.1, -0.05) is 0 Å². The number of hydrogen-bond donors (Lipinski definition) is 1. The molecule has 0 saturated heterocycles. The van der Waals surface area contributed by atoms with Crippen molar-refractivity contribution in [3.05, 3.63) is 0 Å². The third-order valence-corrected chi connectivity index (χ3v) is 1.99. The Morgan fingerprint density at radius 1 is 1.67 bits per heavy atom. The summed E-state index contributed by atoms with van der Waals surface area (Å²) in [5.41, 5.74) is 0. The SMILES string of the molecule is CSCCC(C#N)OCCCO. The Kier molecular flexibility index (Phi) is 8.68. The topological polar surface area (TPSA) is 53.2 Å². The summed E-state index contributed by atoms with van der Waals surface area (Å²) in [6.45, 7) is 0.601. The summed E-state index contributed by atoms with van der Waals surface area (Å²) in [5, 5.41) is 17.1. The van der Waals surface area contributed by atoms with Crippen LogP contribution < -0.4 is 0 Å². The van der Waals surface area contributed by atoms with Gasteiger partial charge in [0, 0.05) is 6.61 Å². The van der Waals surface area contributed by atoms with E-state index in [1.165, 1.54) is 0 Å². The Bertz CT molecular complexity index is 136. The summed E-state index contributed by atoms with van der Waals surface area (Å²) in [4.78, 5) is 0. The number of hydrogen-bond acceptors (Lipinski definition) is 4. The van der Waals surface area contributed by atoms with Gasteiger partial charge in [-0.2, -0.15) is 17.0 Å². The number of aliphatic hydroxyl groups is 1. The van der Waals surface area contributed by atoms with E-state index in [2.05, 4.69) is 6.07 Å². The van der Waals surface area contributed by atoms with Crippen molar-refractivity contribution in [1.82, 2.24) is 0 Å². The molecule has 0 saturated carbocycles. The van der Waals surface area contributed by atoms with E-state index in [9.17, 15) is 0 Å². The zero-order valence-corrected chi connectivity index (χ0v) is 8.14. The molecule has 0 rings (SSSR count). The summed E-state index contributed by atoms with van der Waals surface area (Å²) in [6, 6.07) is 2.08. The zero-order chi connectivity index (χ0) is 9.23. The largest absolute Gasteiger partial charge is 0.396 e. The van der Waals surface area contributed by atoms with Crippen molar-refractivity contribution in [2.45, 2.75) is 18.9 Å². The molecule has 0 aromatic rings. The van der Waals surface area contributed by atoms with Crippen molar-refractivity contribution in [3.8, 4) is 6.07 Å². The molecule has 0 amide bonds. The highest BCUT2D eigenvalue weighted by atomic mass is 32.2. The molecule has 1 unspecified atom stereocenters. The van der Waals surface area contributed by atoms with E-state index in [1.54, 1.807) is 11.8 Å². The normalized spacial score (nSPS) is 12.4. The van der Waals surface area contributed by atoms with Gasteiger partial charge in [-0.05, 0) is 24.9 Å². The van der Waals surface area contributed by atoms with Gasteiger partial charge in [-0.15, -0.1) is 0 Å². The van der Waals surface area contributed by atoms with Gasteiger partial charge in [0.25, 0.3) is 0 Å². The maximum absolute atomic E-state index is 8.61. The Labute approximate surface area is 77.7 Å². The minimum atomic E-state index is -0.302. The van der Waals surface area contributed by atoms with Crippen LogP contribution in [-0.4, -0.2) is 36.4 Å². The molecule has 4 heteroatoms. The second-order valence-electron chi connectivity index (χ2n) is 2.35. The number of aliphatic hydroxyl groups excluding tert-OH is 1. The van der Waals surface area contributed by atoms with Crippen LogP contribution in [0.5, 0.6) is 0 Å². The Morgan fingerprint density at radius 2 is 2.42 bits per heavy atom. The Balaban J connectivity index is 3.35. The lowest BCUT2D eigenvalue weighted by Gasteiger charge is -2.08. The summed E-state index contributed by atoms with van der Waals surface area (Å²) in [6.07, 6.45) is 3.08. The third kappa shape index (κ3) is 6.47. The van der Waals surface area contributed by atoms with Gasteiger partial charge in [0.15, 0.2) is 0 Å². The molecule has 0 aromatic carbocycles. The summed E-state index contributed by atoms with van der Waals surface area (Å²) in [5.74, 6) is 0.942. The lowest BCUT2D eigenvalue weighted by Crippen LogP contribution is -2.12. The molecule has 0 radical (unpaired) electrons. The van der Waals surface area contributed by atoms with Crippen LogP contribution in [0.15, 0.2) is 0 Å². The molecule has 3 nitrogen and oxygen atoms in total. The number of ether oxygens (including phenoxy) is 1. The Morgan fingerprint density at radius 3 is 2.92 bits per heavy atom. The van der Waals surface area contributed by atoms with E-state index >= 15 is 0 Å². The summed E-state index contributed by atoms with van der Waals surface area (Å²) >= 11 is 1.70. The molecular weight excluding hydrogens is 174 g/mol. The van der Waals surface area contributed by atoms with E-state index in [0.29, 0.717) is 13.0 Å². The molecule has 0 aromatic heterocycles. The molecule has 0 aliphatic heterocycles. The van der Waals surface area contributed by atoms with Gasteiger partial charge < -0.3 is 9.84 Å². The lowest BCUT2D eigenvalue weighted by molar-refractivity contribution is 0.0760. The van der Waals surface area contributed by atoms with Crippen molar-refractivity contribution in [1.29, 1.82) is 5.26 Å². The van der Waals surface area contributed by atoms with Crippen molar-refractivity contribution in [3.63, 3.8) is 0 Å². The molecule has 0 fully saturated rings. The molecule has 70 valence electrons. The molecule has 0 spiro atoms. The van der Waals surface area contributed by atoms with Crippen LogP contribution in [0.4, 0.5) is 0 Å². The number of nitriles is 1. The minimum absolute atomic E-state index is 0.126. The highest BCUT2D eigenvalue weighted by molar-refractivity contribution is 7.98. The molecule has 1 atom stereocenters. The first kappa shape index (κ1) is 11.8. The molecule has 0 bridgehead atoms. The monoisotopic (exact) mass is 189 g/mol. The average molecular weight is 189 g/mol. The van der Waals surface area contributed by atoms with Gasteiger partial charge in [0.1, 0.15) is 6.10 Å². The third-order valence-electron chi connectivity index (χ3n) is 1.35. The van der Waals surface area contributed by atoms with Gasteiger partial charge in [-0.25, -0.2) is 0 Å². The average Bonchev–Trinajstić information content (AvgIpc) is 2.11. The van der Waals surface area contributed by atoms with Crippen LogP contribution in [0.25, 0.3) is 0 Å². The standard InChI is InChI=1S/C8H15NO2S/c1-12-6-3-8(7-9)11-5-2-4-10/h8,10H,2-6H2,1H3. The van der Waals surface area contributed by atoms with E-state index in [1.807, 2.05) is 6.26 Å². The quantitative estimate of drug-likeness (QED) is 0.608. The van der Waals surface area contributed by atoms with Crippen molar-refractivity contribution in [2.75, 3.05) is 25.2 Å². The van der Waals surface area contributed by atoms with Gasteiger partial charge in [-0.3, -0.25) is 0 Å². The van der Waals surface area contributed by atoms with Gasteiger partial charge in [0.2, 0.25) is 0 Å². The zero-order valence-electron chi connectivity index (χ0n) is 7.32. The second-order valence-corrected chi connectivity index (χ2v) is 3.33. The van der Waals surface area contributed by atoms with Crippen molar-refractivity contribution >= 4 is 11.8 Å². The van der Waals surface area contributed by atoms with Crippen LogP contribution >= 0.6 is 11.8 Å². The lowest BCUT2D eigenvalue weighted by atomic mass is 10.3. The predicted octanol–water partition coefficient (Wildman–Crippen LogP) is 1.03. The van der Waals surface area contributed by atoms with Crippen molar-refractivity contribution in [2.24, 2.45) is 0 Å². The molecule has 12 heavy (non-hydrogen) atoms. The second kappa shape index (κ2) is 8.85. The summed E-state index contributed by atoms with van der Waals surface area (Å²) in [7, 11) is 0. The smallest absolute Gasteiger partial charge is 0.144 e. The minimum Gasteiger partial charge on any atom is -0.396 e. The first-order chi connectivity index (χ1) is 5.85. The highest BCUT2D eigenvalue weighted by Gasteiger charge is 2.05. The first-order valence-electron chi connectivity index (χ1n) is 3.96. The fourth-order valence-electron chi connectivity index (χ4n) is 0.700. The number of nitrogens with zero attached hydrogens (tertiary/aromatic N) is 1. The fraction of sp³-hybridized carbons (Fsp3) is 0.875. The number of thioether (sulfide) groups is 1. The fourth-order valence-corrected chi connectivity index (χ4v) is 1.15. The molecular formula is C8H15NO2S. The summed E-state index contributed by atoms with van der Waals surface area (Å²) < 4.78 is 5.20. The molecule has 1 N–H and O–H groups in total. The number of rotatable bonds is 7. The maximum Gasteiger partial charge on any atom is 0.144 e. The van der Waals surface area contributed by atoms with Crippen LogP contribution in [-0.2, 0) is 4.74 Å².